The van der Waals surface area contributed by atoms with E-state index in [1.165, 1.54) is 12.8 Å². The van der Waals surface area contributed by atoms with Gasteiger partial charge in [-0.1, -0.05) is 0 Å². The summed E-state index contributed by atoms with van der Waals surface area (Å²) in [6, 6.07) is 0.776. The maximum atomic E-state index is 5.70. The molecule has 0 spiro atoms. The van der Waals surface area contributed by atoms with Crippen molar-refractivity contribution in [1.29, 1.82) is 0 Å². The van der Waals surface area contributed by atoms with Crippen LogP contribution in [-0.4, -0.2) is 48.2 Å². The topological polar surface area (TPSA) is 50.3 Å². The van der Waals surface area contributed by atoms with Crippen molar-refractivity contribution >= 4 is 5.95 Å². The van der Waals surface area contributed by atoms with E-state index < -0.39 is 0 Å². The highest BCUT2D eigenvalue weighted by Crippen LogP contribution is 2.24. The zero-order valence-corrected chi connectivity index (χ0v) is 10.7. The maximum Gasteiger partial charge on any atom is 0.225 e. The Labute approximate surface area is 102 Å². The summed E-state index contributed by atoms with van der Waals surface area (Å²) in [5.41, 5.74) is 0.970. The van der Waals surface area contributed by atoms with E-state index in [1.807, 2.05) is 6.92 Å². The molecule has 0 saturated heterocycles. The van der Waals surface area contributed by atoms with E-state index >= 15 is 0 Å². The molecule has 0 aromatic carbocycles. The van der Waals surface area contributed by atoms with Gasteiger partial charge in [0.1, 0.15) is 6.61 Å². The number of hydrogen-bond donors (Lipinski definition) is 1. The molecular weight excluding hydrogens is 216 g/mol. The van der Waals surface area contributed by atoms with Crippen LogP contribution in [0.4, 0.5) is 5.95 Å². The SMILES string of the molecule is CNc1ncc(C)c(OCCN(C)C2CC2)n1. The molecule has 0 unspecified atom stereocenters. The molecule has 17 heavy (non-hydrogen) atoms. The van der Waals surface area contributed by atoms with Crippen LogP contribution in [0, 0.1) is 6.92 Å². The molecule has 1 fully saturated rings. The minimum Gasteiger partial charge on any atom is -0.476 e. The van der Waals surface area contributed by atoms with Crippen LogP contribution in [0.2, 0.25) is 0 Å². The zero-order chi connectivity index (χ0) is 12.3. The van der Waals surface area contributed by atoms with Crippen molar-refractivity contribution < 1.29 is 4.74 Å². The Morgan fingerprint density at radius 1 is 1.53 bits per heavy atom. The predicted molar refractivity (Wildman–Crippen MR) is 67.5 cm³/mol. The van der Waals surface area contributed by atoms with Crippen molar-refractivity contribution in [3.63, 3.8) is 0 Å². The first-order valence-corrected chi connectivity index (χ1v) is 6.05. The minimum atomic E-state index is 0.598. The summed E-state index contributed by atoms with van der Waals surface area (Å²) < 4.78 is 5.70. The number of anilines is 1. The Morgan fingerprint density at radius 2 is 2.29 bits per heavy atom. The van der Waals surface area contributed by atoms with E-state index in [2.05, 4.69) is 27.2 Å². The zero-order valence-electron chi connectivity index (χ0n) is 10.7. The summed E-state index contributed by atoms with van der Waals surface area (Å²) in [5, 5.41) is 2.91. The highest BCUT2D eigenvalue weighted by atomic mass is 16.5. The third-order valence-electron chi connectivity index (χ3n) is 3.00. The molecule has 5 nitrogen and oxygen atoms in total. The van der Waals surface area contributed by atoms with Crippen molar-refractivity contribution in [1.82, 2.24) is 14.9 Å². The van der Waals surface area contributed by atoms with E-state index in [0.717, 1.165) is 18.2 Å². The molecule has 0 aliphatic heterocycles. The Balaban J connectivity index is 1.84. The Kier molecular flexibility index (Phi) is 3.78. The molecule has 0 bridgehead atoms. The predicted octanol–water partition coefficient (Wildman–Crippen LogP) is 1.30. The molecule has 2 rings (SSSR count). The maximum absolute atomic E-state index is 5.70. The number of ether oxygens (including phenoxy) is 1. The van der Waals surface area contributed by atoms with Gasteiger partial charge in [-0.25, -0.2) is 4.98 Å². The highest BCUT2D eigenvalue weighted by Gasteiger charge is 2.25. The Bertz CT molecular complexity index is 379. The fourth-order valence-corrected chi connectivity index (χ4v) is 1.68. The third-order valence-corrected chi connectivity index (χ3v) is 3.00. The van der Waals surface area contributed by atoms with Gasteiger partial charge in [0, 0.05) is 31.4 Å². The van der Waals surface area contributed by atoms with Crippen molar-refractivity contribution in [3.05, 3.63) is 11.8 Å². The molecule has 1 N–H and O–H groups in total. The van der Waals surface area contributed by atoms with Gasteiger partial charge in [0.05, 0.1) is 0 Å². The fraction of sp³-hybridized carbons (Fsp3) is 0.667. The second kappa shape index (κ2) is 5.31. The Hall–Kier alpha value is -1.36. The van der Waals surface area contributed by atoms with Crippen molar-refractivity contribution in [2.24, 2.45) is 0 Å². The summed E-state index contributed by atoms with van der Waals surface area (Å²) in [6.07, 6.45) is 4.43. The molecule has 5 heteroatoms. The second-order valence-corrected chi connectivity index (χ2v) is 4.49. The summed E-state index contributed by atoms with van der Waals surface area (Å²) in [6.45, 7) is 3.58. The van der Waals surface area contributed by atoms with Gasteiger partial charge in [0.2, 0.25) is 11.8 Å². The molecule has 1 saturated carbocycles. The fourth-order valence-electron chi connectivity index (χ4n) is 1.68. The lowest BCUT2D eigenvalue weighted by atomic mass is 10.4. The van der Waals surface area contributed by atoms with Crippen LogP contribution in [0.1, 0.15) is 18.4 Å². The van der Waals surface area contributed by atoms with Crippen LogP contribution < -0.4 is 10.1 Å². The highest BCUT2D eigenvalue weighted by molar-refractivity contribution is 5.31. The first-order chi connectivity index (χ1) is 8.20. The summed E-state index contributed by atoms with van der Waals surface area (Å²) in [7, 11) is 3.95. The van der Waals surface area contributed by atoms with E-state index in [0.29, 0.717) is 18.4 Å². The van der Waals surface area contributed by atoms with Crippen molar-refractivity contribution in [2.45, 2.75) is 25.8 Å². The molecule has 1 aliphatic rings. The lowest BCUT2D eigenvalue weighted by Crippen LogP contribution is -2.26. The van der Waals surface area contributed by atoms with Crippen LogP contribution in [0.15, 0.2) is 6.20 Å². The molecule has 1 aromatic rings. The number of aromatic nitrogens is 2. The lowest BCUT2D eigenvalue weighted by molar-refractivity contribution is 0.225. The molecule has 0 radical (unpaired) electrons. The van der Waals surface area contributed by atoms with Crippen LogP contribution in [-0.2, 0) is 0 Å². The van der Waals surface area contributed by atoms with Crippen LogP contribution in [0.25, 0.3) is 0 Å². The molecule has 0 atom stereocenters. The van der Waals surface area contributed by atoms with Gasteiger partial charge < -0.3 is 15.0 Å². The molecule has 1 heterocycles. The van der Waals surface area contributed by atoms with Crippen LogP contribution >= 0.6 is 0 Å². The molecule has 1 aliphatic carbocycles. The summed E-state index contributed by atoms with van der Waals surface area (Å²) in [5.74, 6) is 1.27. The first-order valence-electron chi connectivity index (χ1n) is 6.05. The van der Waals surface area contributed by atoms with Crippen molar-refractivity contribution in [3.8, 4) is 5.88 Å². The number of nitrogens with zero attached hydrogens (tertiary/aromatic N) is 3. The second-order valence-electron chi connectivity index (χ2n) is 4.49. The number of hydrogen-bond acceptors (Lipinski definition) is 5. The smallest absolute Gasteiger partial charge is 0.225 e. The monoisotopic (exact) mass is 236 g/mol. The molecule has 0 amide bonds. The van der Waals surface area contributed by atoms with Crippen molar-refractivity contribution in [2.75, 3.05) is 32.6 Å². The van der Waals surface area contributed by atoms with E-state index in [9.17, 15) is 0 Å². The van der Waals surface area contributed by atoms with Gasteiger partial charge in [-0.05, 0) is 26.8 Å². The first kappa shape index (κ1) is 12.1. The molecular formula is C12H20N4O. The number of nitrogens with one attached hydrogen (secondary N) is 1. The van der Waals surface area contributed by atoms with Gasteiger partial charge in [0.25, 0.3) is 0 Å². The molecule has 1 aromatic heterocycles. The third kappa shape index (κ3) is 3.30. The largest absolute Gasteiger partial charge is 0.476 e. The number of aryl methyl sites for hydroxylation is 1. The quantitative estimate of drug-likeness (QED) is 0.807. The Morgan fingerprint density at radius 3 is 2.94 bits per heavy atom. The van der Waals surface area contributed by atoms with E-state index in [1.54, 1.807) is 13.2 Å². The van der Waals surface area contributed by atoms with Crippen LogP contribution in [0.5, 0.6) is 5.88 Å². The number of rotatable bonds is 6. The van der Waals surface area contributed by atoms with Gasteiger partial charge in [-0.2, -0.15) is 4.98 Å². The standard InChI is InChI=1S/C12H20N4O/c1-9-8-14-12(13-2)15-11(9)17-7-6-16(3)10-4-5-10/h8,10H,4-7H2,1-3H3,(H,13,14,15). The van der Waals surface area contributed by atoms with E-state index in [4.69, 9.17) is 4.74 Å². The van der Waals surface area contributed by atoms with Gasteiger partial charge in [-0.15, -0.1) is 0 Å². The number of likely N-dealkylation sites (N-methyl/N-ethyl adjacent to an activating group) is 1. The normalized spacial score (nSPS) is 15.1. The van der Waals surface area contributed by atoms with Gasteiger partial charge >= 0.3 is 0 Å². The average Bonchev–Trinajstić information content (AvgIpc) is 3.15. The van der Waals surface area contributed by atoms with Crippen LogP contribution in [0.3, 0.4) is 0 Å². The average molecular weight is 236 g/mol. The van der Waals surface area contributed by atoms with Gasteiger partial charge in [-0.3, -0.25) is 0 Å². The van der Waals surface area contributed by atoms with Gasteiger partial charge in [0.15, 0.2) is 0 Å². The molecule has 94 valence electrons. The summed E-state index contributed by atoms with van der Waals surface area (Å²) in [4.78, 5) is 10.8. The van der Waals surface area contributed by atoms with E-state index in [-0.39, 0.29) is 0 Å². The summed E-state index contributed by atoms with van der Waals surface area (Å²) >= 11 is 0. The minimum absolute atomic E-state index is 0.598. The lowest BCUT2D eigenvalue weighted by Gasteiger charge is -2.16.